The van der Waals surface area contributed by atoms with Gasteiger partial charge in [0, 0.05) is 0 Å². The van der Waals surface area contributed by atoms with Crippen LogP contribution in [0, 0.1) is 17.8 Å². The highest BCUT2D eigenvalue weighted by molar-refractivity contribution is 4.71. The molecule has 1 unspecified atom stereocenters. The Morgan fingerprint density at radius 2 is 1.33 bits per heavy atom. The van der Waals surface area contributed by atoms with Crippen molar-refractivity contribution in [3.63, 3.8) is 0 Å². The topological polar surface area (TPSA) is 0 Å². The SMILES string of the molecule is CC(C)CCCCC(C(C)C)C(F)(F)F. The van der Waals surface area contributed by atoms with Gasteiger partial charge in [-0.3, -0.25) is 0 Å². The summed E-state index contributed by atoms with van der Waals surface area (Å²) in [5.74, 6) is -0.831. The molecule has 0 aromatic carbocycles. The third-order valence-electron chi connectivity index (χ3n) is 2.77. The van der Waals surface area contributed by atoms with Gasteiger partial charge >= 0.3 is 6.18 Å². The van der Waals surface area contributed by atoms with Crippen LogP contribution in [0.4, 0.5) is 13.2 Å². The van der Waals surface area contributed by atoms with Gasteiger partial charge in [0.15, 0.2) is 0 Å². The van der Waals surface area contributed by atoms with Crippen molar-refractivity contribution in [3.8, 4) is 0 Å². The second-order valence-electron chi connectivity index (χ2n) is 5.07. The molecule has 0 fully saturated rings. The van der Waals surface area contributed by atoms with Crippen molar-refractivity contribution in [1.82, 2.24) is 0 Å². The zero-order chi connectivity index (χ0) is 12.1. The molecule has 0 aliphatic rings. The lowest BCUT2D eigenvalue weighted by molar-refractivity contribution is -0.187. The second kappa shape index (κ2) is 6.39. The van der Waals surface area contributed by atoms with Gasteiger partial charge in [0.2, 0.25) is 0 Å². The first-order valence-corrected chi connectivity index (χ1v) is 5.81. The molecule has 0 saturated heterocycles. The summed E-state index contributed by atoms with van der Waals surface area (Å²) in [4.78, 5) is 0. The quantitative estimate of drug-likeness (QED) is 0.554. The normalized spacial score (nSPS) is 15.0. The molecule has 0 spiro atoms. The van der Waals surface area contributed by atoms with E-state index in [1.54, 1.807) is 13.8 Å². The maximum Gasteiger partial charge on any atom is 0.392 e. The van der Waals surface area contributed by atoms with E-state index in [-0.39, 0.29) is 12.3 Å². The monoisotopic (exact) mass is 224 g/mol. The molecule has 0 aromatic heterocycles. The summed E-state index contributed by atoms with van der Waals surface area (Å²) in [6.45, 7) is 7.51. The standard InChI is InChI=1S/C12H23F3/c1-9(2)7-5-6-8-11(10(3)4)12(13,14)15/h9-11H,5-8H2,1-4H3. The molecule has 0 rings (SSSR count). The largest absolute Gasteiger partial charge is 0.392 e. The summed E-state index contributed by atoms with van der Waals surface area (Å²) in [6.07, 6.45) is -1.10. The van der Waals surface area contributed by atoms with Gasteiger partial charge in [-0.1, -0.05) is 47.0 Å². The van der Waals surface area contributed by atoms with Crippen LogP contribution in [0.2, 0.25) is 0 Å². The molecule has 1 atom stereocenters. The van der Waals surface area contributed by atoms with Gasteiger partial charge in [-0.2, -0.15) is 13.2 Å². The van der Waals surface area contributed by atoms with Gasteiger partial charge in [-0.05, 0) is 18.3 Å². The summed E-state index contributed by atoms with van der Waals surface area (Å²) >= 11 is 0. The van der Waals surface area contributed by atoms with Gasteiger partial charge < -0.3 is 0 Å². The average molecular weight is 224 g/mol. The Morgan fingerprint density at radius 3 is 1.67 bits per heavy atom. The number of halogens is 3. The third kappa shape index (κ3) is 6.80. The first-order chi connectivity index (χ1) is 6.75. The van der Waals surface area contributed by atoms with E-state index in [0.717, 1.165) is 12.8 Å². The number of rotatable bonds is 6. The molecule has 92 valence electrons. The molecule has 0 aliphatic heterocycles. The minimum absolute atomic E-state index is 0.286. The highest BCUT2D eigenvalue weighted by Crippen LogP contribution is 2.35. The van der Waals surface area contributed by atoms with Crippen LogP contribution in [0.15, 0.2) is 0 Å². The fraction of sp³-hybridized carbons (Fsp3) is 1.00. The third-order valence-corrected chi connectivity index (χ3v) is 2.77. The number of unbranched alkanes of at least 4 members (excludes halogenated alkanes) is 1. The van der Waals surface area contributed by atoms with Gasteiger partial charge in [0.1, 0.15) is 0 Å². The molecule has 3 heteroatoms. The van der Waals surface area contributed by atoms with Crippen molar-refractivity contribution in [2.24, 2.45) is 17.8 Å². The van der Waals surface area contributed by atoms with Gasteiger partial charge in [-0.25, -0.2) is 0 Å². The van der Waals surface area contributed by atoms with Crippen molar-refractivity contribution >= 4 is 0 Å². The van der Waals surface area contributed by atoms with Crippen LogP contribution >= 0.6 is 0 Å². The fourth-order valence-electron chi connectivity index (χ4n) is 1.79. The highest BCUT2D eigenvalue weighted by atomic mass is 19.4. The smallest absolute Gasteiger partial charge is 0.171 e. The number of hydrogen-bond donors (Lipinski definition) is 0. The molecule has 0 N–H and O–H groups in total. The predicted molar refractivity (Wildman–Crippen MR) is 57.7 cm³/mol. The van der Waals surface area contributed by atoms with E-state index in [1.165, 1.54) is 0 Å². The summed E-state index contributed by atoms with van der Waals surface area (Å²) in [5.41, 5.74) is 0. The van der Waals surface area contributed by atoms with E-state index >= 15 is 0 Å². The van der Waals surface area contributed by atoms with Crippen LogP contribution < -0.4 is 0 Å². The molecule has 0 nitrogen and oxygen atoms in total. The maximum atomic E-state index is 12.6. The fourth-order valence-corrected chi connectivity index (χ4v) is 1.79. The van der Waals surface area contributed by atoms with Crippen LogP contribution in [0.25, 0.3) is 0 Å². The Kier molecular flexibility index (Phi) is 6.30. The lowest BCUT2D eigenvalue weighted by Crippen LogP contribution is -2.27. The molecule has 0 aliphatic carbocycles. The minimum atomic E-state index is -4.02. The zero-order valence-corrected chi connectivity index (χ0v) is 10.2. The predicted octanol–water partition coefficient (Wildman–Crippen LogP) is 5.04. The molecule has 0 bridgehead atoms. The lowest BCUT2D eigenvalue weighted by Gasteiger charge is -2.23. The van der Waals surface area contributed by atoms with E-state index in [2.05, 4.69) is 13.8 Å². The van der Waals surface area contributed by atoms with Crippen molar-refractivity contribution in [1.29, 1.82) is 0 Å². The van der Waals surface area contributed by atoms with E-state index in [4.69, 9.17) is 0 Å². The Morgan fingerprint density at radius 1 is 0.867 bits per heavy atom. The Labute approximate surface area is 91.3 Å². The van der Waals surface area contributed by atoms with E-state index in [0.29, 0.717) is 12.3 Å². The first-order valence-electron chi connectivity index (χ1n) is 5.81. The summed E-state index contributed by atoms with van der Waals surface area (Å²) in [5, 5.41) is 0. The van der Waals surface area contributed by atoms with Crippen LogP contribution in [0.5, 0.6) is 0 Å². The zero-order valence-electron chi connectivity index (χ0n) is 10.2. The Bertz CT molecular complexity index is 159. The number of alkyl halides is 3. The van der Waals surface area contributed by atoms with E-state index in [1.807, 2.05) is 0 Å². The second-order valence-corrected chi connectivity index (χ2v) is 5.07. The van der Waals surface area contributed by atoms with Crippen LogP contribution in [0.3, 0.4) is 0 Å². The summed E-state index contributed by atoms with van der Waals surface area (Å²) in [7, 11) is 0. The molecule has 15 heavy (non-hydrogen) atoms. The Balaban J connectivity index is 3.89. The molecule has 0 aromatic rings. The number of hydrogen-bond acceptors (Lipinski definition) is 0. The Hall–Kier alpha value is -0.210. The average Bonchev–Trinajstić information content (AvgIpc) is 1.99. The van der Waals surface area contributed by atoms with Gasteiger partial charge in [0.05, 0.1) is 5.92 Å². The van der Waals surface area contributed by atoms with Crippen LogP contribution in [-0.2, 0) is 0 Å². The van der Waals surface area contributed by atoms with Gasteiger partial charge in [0.25, 0.3) is 0 Å². The highest BCUT2D eigenvalue weighted by Gasteiger charge is 2.40. The summed E-state index contributed by atoms with van der Waals surface area (Å²) < 4.78 is 37.7. The van der Waals surface area contributed by atoms with Crippen molar-refractivity contribution in [2.45, 2.75) is 59.6 Å². The molecular weight excluding hydrogens is 201 g/mol. The van der Waals surface area contributed by atoms with Crippen molar-refractivity contribution in [3.05, 3.63) is 0 Å². The summed E-state index contributed by atoms with van der Waals surface area (Å²) in [6, 6.07) is 0. The van der Waals surface area contributed by atoms with Crippen LogP contribution in [0.1, 0.15) is 53.4 Å². The lowest BCUT2D eigenvalue weighted by atomic mass is 9.89. The molecular formula is C12H23F3. The van der Waals surface area contributed by atoms with Crippen molar-refractivity contribution < 1.29 is 13.2 Å². The van der Waals surface area contributed by atoms with Gasteiger partial charge in [-0.15, -0.1) is 0 Å². The van der Waals surface area contributed by atoms with E-state index in [9.17, 15) is 13.2 Å². The molecule has 0 saturated carbocycles. The molecule has 0 heterocycles. The molecule has 0 radical (unpaired) electrons. The minimum Gasteiger partial charge on any atom is -0.171 e. The first kappa shape index (κ1) is 14.8. The maximum absolute atomic E-state index is 12.6. The molecule has 0 amide bonds. The van der Waals surface area contributed by atoms with Crippen LogP contribution in [-0.4, -0.2) is 6.18 Å². The van der Waals surface area contributed by atoms with Crippen molar-refractivity contribution in [2.75, 3.05) is 0 Å². The van der Waals surface area contributed by atoms with E-state index < -0.39 is 12.1 Å².